The second-order valence-corrected chi connectivity index (χ2v) is 10.1. The molecular weight excluding hydrogens is 408 g/mol. The molecular formula is C20H20N4OS3. The predicted molar refractivity (Wildman–Crippen MR) is 117 cm³/mol. The second kappa shape index (κ2) is 9.92. The summed E-state index contributed by atoms with van der Waals surface area (Å²) in [5, 5.41) is 10.9. The van der Waals surface area contributed by atoms with Gasteiger partial charge in [-0.3, -0.25) is 9.19 Å². The average molecular weight is 429 g/mol. The Balaban J connectivity index is 2.05. The van der Waals surface area contributed by atoms with E-state index in [1.807, 2.05) is 25.1 Å². The summed E-state index contributed by atoms with van der Waals surface area (Å²) in [5.74, 6) is 0.672. The monoisotopic (exact) mass is 428 g/mol. The molecule has 0 radical (unpaired) electrons. The lowest BCUT2D eigenvalue weighted by atomic mass is 10.0. The van der Waals surface area contributed by atoms with Crippen molar-refractivity contribution >= 4 is 33.9 Å². The number of thiazole rings is 1. The Morgan fingerprint density at radius 1 is 1.39 bits per heavy atom. The van der Waals surface area contributed by atoms with E-state index in [0.29, 0.717) is 21.4 Å². The van der Waals surface area contributed by atoms with Crippen LogP contribution in [0.15, 0.2) is 41.1 Å². The highest BCUT2D eigenvalue weighted by Gasteiger charge is 2.19. The molecule has 0 saturated carbocycles. The molecule has 28 heavy (non-hydrogen) atoms. The number of nitriles is 1. The number of thioether (sulfide) groups is 1. The summed E-state index contributed by atoms with van der Waals surface area (Å²) in [5.41, 5.74) is 5.42. The fourth-order valence-electron chi connectivity index (χ4n) is 2.63. The van der Waals surface area contributed by atoms with Crippen molar-refractivity contribution in [2.24, 2.45) is 0 Å². The van der Waals surface area contributed by atoms with Crippen LogP contribution in [-0.4, -0.2) is 30.0 Å². The smallest absolute Gasteiger partial charge is 0.116 e. The van der Waals surface area contributed by atoms with Gasteiger partial charge < -0.3 is 0 Å². The van der Waals surface area contributed by atoms with Gasteiger partial charge in [0.1, 0.15) is 11.1 Å². The zero-order valence-corrected chi connectivity index (χ0v) is 18.2. The number of nitrogens with zero attached hydrogens (tertiary/aromatic N) is 4. The maximum absolute atomic E-state index is 12.3. The highest BCUT2D eigenvalue weighted by molar-refractivity contribution is 8.10. The molecule has 0 spiro atoms. The Bertz CT molecular complexity index is 1010. The Morgan fingerprint density at radius 3 is 2.89 bits per heavy atom. The summed E-state index contributed by atoms with van der Waals surface area (Å²) >= 11 is 2.92. The van der Waals surface area contributed by atoms with Gasteiger partial charge in [0.15, 0.2) is 0 Å². The molecule has 3 aromatic heterocycles. The van der Waals surface area contributed by atoms with E-state index in [2.05, 4.69) is 23.0 Å². The molecule has 1 unspecified atom stereocenters. The van der Waals surface area contributed by atoms with Crippen molar-refractivity contribution in [2.75, 3.05) is 10.8 Å². The fourth-order valence-corrected chi connectivity index (χ4v) is 5.74. The van der Waals surface area contributed by atoms with Crippen LogP contribution < -0.4 is 0 Å². The zero-order valence-electron chi connectivity index (χ0n) is 15.7. The van der Waals surface area contributed by atoms with Gasteiger partial charge in [-0.1, -0.05) is 25.1 Å². The molecule has 3 rings (SSSR count). The Kier molecular flexibility index (Phi) is 7.31. The Labute approximate surface area is 175 Å². The van der Waals surface area contributed by atoms with E-state index in [9.17, 15) is 9.47 Å². The largest absolute Gasteiger partial charge is 0.264 e. The lowest BCUT2D eigenvalue weighted by molar-refractivity contribution is 0.682. The molecule has 3 heterocycles. The van der Waals surface area contributed by atoms with Crippen LogP contribution in [-0.2, 0) is 10.8 Å². The van der Waals surface area contributed by atoms with Crippen molar-refractivity contribution in [3.8, 4) is 28.6 Å². The topological polar surface area (TPSA) is 79.5 Å². The third-order valence-electron chi connectivity index (χ3n) is 4.11. The average Bonchev–Trinajstić information content (AvgIpc) is 3.16. The molecule has 0 bridgehead atoms. The first-order chi connectivity index (χ1) is 13.6. The number of aryl methyl sites for hydroxylation is 1. The minimum Gasteiger partial charge on any atom is -0.264 e. The van der Waals surface area contributed by atoms with Gasteiger partial charge in [-0.05, 0) is 31.5 Å². The first-order valence-electron chi connectivity index (χ1n) is 8.87. The van der Waals surface area contributed by atoms with E-state index in [1.165, 1.54) is 11.8 Å². The minimum absolute atomic E-state index is 0.424. The standard InChI is InChI=1S/C20H20N4OS3/c1-3-4-8-28(25)13-27-20-17(10-21)16(19-14(2)26-12-23-19)9-18(24-20)15-6-5-7-22-11-15/h5-7,9,11-12H,3-4,8,13H2,1-2H3. The van der Waals surface area contributed by atoms with Gasteiger partial charge in [-0.15, -0.1) is 11.3 Å². The van der Waals surface area contributed by atoms with E-state index in [-0.39, 0.29) is 0 Å². The number of pyridine rings is 2. The molecule has 5 nitrogen and oxygen atoms in total. The molecule has 0 aliphatic carbocycles. The van der Waals surface area contributed by atoms with Gasteiger partial charge in [-0.25, -0.2) is 9.97 Å². The van der Waals surface area contributed by atoms with Crippen molar-refractivity contribution in [3.63, 3.8) is 0 Å². The third kappa shape index (κ3) is 4.85. The third-order valence-corrected chi connectivity index (χ3v) is 7.70. The molecule has 0 N–H and O–H groups in total. The Morgan fingerprint density at radius 2 is 2.25 bits per heavy atom. The summed E-state index contributed by atoms with van der Waals surface area (Å²) in [6.45, 7) is 4.07. The van der Waals surface area contributed by atoms with Crippen LogP contribution >= 0.6 is 23.1 Å². The van der Waals surface area contributed by atoms with Crippen LogP contribution in [0.1, 0.15) is 30.2 Å². The van der Waals surface area contributed by atoms with Crippen LogP contribution in [0.5, 0.6) is 0 Å². The van der Waals surface area contributed by atoms with Crippen LogP contribution in [0.4, 0.5) is 0 Å². The summed E-state index contributed by atoms with van der Waals surface area (Å²) < 4.78 is 12.3. The van der Waals surface area contributed by atoms with Gasteiger partial charge in [-0.2, -0.15) is 5.26 Å². The van der Waals surface area contributed by atoms with Crippen LogP contribution in [0.2, 0.25) is 0 Å². The second-order valence-electron chi connectivity index (χ2n) is 6.11. The van der Waals surface area contributed by atoms with E-state index in [0.717, 1.165) is 40.2 Å². The predicted octanol–water partition coefficient (Wildman–Crippen LogP) is 5.05. The molecule has 0 aromatic carbocycles. The first-order valence-corrected chi connectivity index (χ1v) is 12.2. The number of aromatic nitrogens is 3. The normalized spacial score (nSPS) is 11.9. The lowest BCUT2D eigenvalue weighted by Gasteiger charge is -2.11. The molecule has 0 aliphatic heterocycles. The molecule has 1 atom stereocenters. The van der Waals surface area contributed by atoms with Crippen molar-refractivity contribution in [1.82, 2.24) is 15.0 Å². The van der Waals surface area contributed by atoms with E-state index >= 15 is 0 Å². The maximum Gasteiger partial charge on any atom is 0.116 e. The fraction of sp³-hybridized carbons (Fsp3) is 0.300. The quantitative estimate of drug-likeness (QED) is 0.467. The van der Waals surface area contributed by atoms with Gasteiger partial charge in [0.25, 0.3) is 0 Å². The van der Waals surface area contributed by atoms with Crippen molar-refractivity contribution in [2.45, 2.75) is 31.7 Å². The van der Waals surface area contributed by atoms with Gasteiger partial charge in [0.05, 0.1) is 27.5 Å². The van der Waals surface area contributed by atoms with Crippen molar-refractivity contribution < 1.29 is 4.21 Å². The van der Waals surface area contributed by atoms with E-state index in [4.69, 9.17) is 4.98 Å². The summed E-state index contributed by atoms with van der Waals surface area (Å²) in [4.78, 5) is 14.4. The van der Waals surface area contributed by atoms with Gasteiger partial charge in [0.2, 0.25) is 0 Å². The highest BCUT2D eigenvalue weighted by atomic mass is 32.2. The molecule has 0 fully saturated rings. The zero-order chi connectivity index (χ0) is 19.9. The number of unbranched alkanes of at least 4 members (excludes halogenated alkanes) is 1. The summed E-state index contributed by atoms with van der Waals surface area (Å²) in [7, 11) is -0.942. The molecule has 3 aromatic rings. The van der Waals surface area contributed by atoms with Crippen LogP contribution in [0.25, 0.3) is 22.5 Å². The SMILES string of the molecule is CCCCS(=O)CSc1nc(-c2cccnc2)cc(-c2ncsc2C)c1C#N. The van der Waals surface area contributed by atoms with Gasteiger partial charge in [0, 0.05) is 45.0 Å². The van der Waals surface area contributed by atoms with Crippen LogP contribution in [0, 0.1) is 18.3 Å². The molecule has 0 amide bonds. The molecule has 0 aliphatic rings. The lowest BCUT2D eigenvalue weighted by Crippen LogP contribution is -2.02. The van der Waals surface area contributed by atoms with Gasteiger partial charge >= 0.3 is 0 Å². The van der Waals surface area contributed by atoms with Crippen LogP contribution in [0.3, 0.4) is 0 Å². The summed E-state index contributed by atoms with van der Waals surface area (Å²) in [6, 6.07) is 7.98. The molecule has 0 saturated heterocycles. The number of hydrogen-bond donors (Lipinski definition) is 0. The van der Waals surface area contributed by atoms with E-state index < -0.39 is 10.8 Å². The maximum atomic E-state index is 12.3. The highest BCUT2D eigenvalue weighted by Crippen LogP contribution is 2.35. The number of rotatable bonds is 8. The minimum atomic E-state index is -0.942. The summed E-state index contributed by atoms with van der Waals surface area (Å²) in [6.07, 6.45) is 5.41. The Hall–Kier alpha value is -2.08. The van der Waals surface area contributed by atoms with Crippen molar-refractivity contribution in [3.05, 3.63) is 46.5 Å². The molecule has 144 valence electrons. The van der Waals surface area contributed by atoms with E-state index in [1.54, 1.807) is 29.2 Å². The van der Waals surface area contributed by atoms with Crippen molar-refractivity contribution in [1.29, 1.82) is 5.26 Å². The number of hydrogen-bond acceptors (Lipinski definition) is 7. The first kappa shape index (κ1) is 20.6. The molecule has 8 heteroatoms.